The molecule has 5 nitrogen and oxygen atoms in total. The highest BCUT2D eigenvalue weighted by molar-refractivity contribution is 6.09. The van der Waals surface area contributed by atoms with Gasteiger partial charge in [0.1, 0.15) is 5.75 Å². The van der Waals surface area contributed by atoms with Crippen molar-refractivity contribution < 1.29 is 14.6 Å². The fourth-order valence-corrected chi connectivity index (χ4v) is 5.81. The van der Waals surface area contributed by atoms with Gasteiger partial charge in [0.15, 0.2) is 0 Å². The van der Waals surface area contributed by atoms with Gasteiger partial charge in [0.05, 0.1) is 24.1 Å². The SMILES string of the molecule is CC=C1CN2CCC34C(=Nc5cc(O)ccc53)C2CC1C4C(=O)OC. The number of fused-ring (bicyclic) bond motifs is 2. The first kappa shape index (κ1) is 15.1. The molecular formula is C20H22N2O3. The number of piperidine rings is 2. The zero-order valence-corrected chi connectivity index (χ0v) is 14.5. The Morgan fingerprint density at radius 1 is 1.48 bits per heavy atom. The van der Waals surface area contributed by atoms with Crippen molar-refractivity contribution in [2.24, 2.45) is 16.8 Å². The molecule has 130 valence electrons. The van der Waals surface area contributed by atoms with Crippen molar-refractivity contribution >= 4 is 17.4 Å². The smallest absolute Gasteiger partial charge is 0.310 e. The second kappa shape index (κ2) is 4.94. The first-order chi connectivity index (χ1) is 12.1. The number of aliphatic imine (C=N–C) groups is 1. The highest BCUT2D eigenvalue weighted by atomic mass is 16.5. The summed E-state index contributed by atoms with van der Waals surface area (Å²) in [7, 11) is 1.49. The fraction of sp³-hybridized carbons (Fsp3) is 0.500. The third kappa shape index (κ3) is 1.72. The van der Waals surface area contributed by atoms with Crippen LogP contribution < -0.4 is 0 Å². The molecule has 1 aromatic carbocycles. The number of aromatic hydroxyl groups is 1. The molecule has 0 radical (unpaired) electrons. The quantitative estimate of drug-likeness (QED) is 0.631. The van der Waals surface area contributed by atoms with Crippen molar-refractivity contribution in [2.75, 3.05) is 20.2 Å². The Labute approximate surface area is 147 Å². The number of phenols is 1. The van der Waals surface area contributed by atoms with Crippen molar-refractivity contribution in [1.29, 1.82) is 0 Å². The molecule has 0 aromatic heterocycles. The van der Waals surface area contributed by atoms with E-state index in [0.717, 1.165) is 42.9 Å². The molecule has 2 saturated heterocycles. The minimum Gasteiger partial charge on any atom is -0.508 e. The largest absolute Gasteiger partial charge is 0.508 e. The van der Waals surface area contributed by atoms with Gasteiger partial charge < -0.3 is 9.84 Å². The van der Waals surface area contributed by atoms with Gasteiger partial charge in [-0.2, -0.15) is 0 Å². The first-order valence-corrected chi connectivity index (χ1v) is 8.99. The van der Waals surface area contributed by atoms with Crippen LogP contribution in [-0.2, 0) is 14.9 Å². The number of carbonyl (C=O) groups excluding carboxylic acids is 1. The maximum atomic E-state index is 13.0. The van der Waals surface area contributed by atoms with Gasteiger partial charge in [0.25, 0.3) is 0 Å². The molecule has 1 aromatic rings. The Bertz CT molecular complexity index is 843. The summed E-state index contributed by atoms with van der Waals surface area (Å²) >= 11 is 0. The van der Waals surface area contributed by atoms with Gasteiger partial charge in [0, 0.05) is 30.9 Å². The Morgan fingerprint density at radius 3 is 3.08 bits per heavy atom. The third-order valence-corrected chi connectivity index (χ3v) is 6.81. The van der Waals surface area contributed by atoms with E-state index in [-0.39, 0.29) is 35.0 Å². The number of ether oxygens (including phenoxy) is 1. The van der Waals surface area contributed by atoms with Gasteiger partial charge in [-0.05, 0) is 37.3 Å². The molecule has 0 amide bonds. The molecule has 3 bridgehead atoms. The van der Waals surface area contributed by atoms with Gasteiger partial charge >= 0.3 is 5.97 Å². The van der Waals surface area contributed by atoms with Crippen LogP contribution >= 0.6 is 0 Å². The van der Waals surface area contributed by atoms with Crippen molar-refractivity contribution in [2.45, 2.75) is 31.2 Å². The predicted molar refractivity (Wildman–Crippen MR) is 94.2 cm³/mol. The summed E-state index contributed by atoms with van der Waals surface area (Å²) in [4.78, 5) is 20.4. The normalized spacial score (nSPS) is 36.8. The van der Waals surface area contributed by atoms with Gasteiger partial charge in [-0.1, -0.05) is 17.7 Å². The van der Waals surface area contributed by atoms with Crippen molar-refractivity contribution in [3.05, 3.63) is 35.4 Å². The average Bonchev–Trinajstić information content (AvgIpc) is 2.95. The summed E-state index contributed by atoms with van der Waals surface area (Å²) < 4.78 is 5.28. The number of phenolic OH excluding ortho intramolecular Hbond substituents is 1. The van der Waals surface area contributed by atoms with E-state index in [1.165, 1.54) is 12.7 Å². The zero-order chi connectivity index (χ0) is 17.3. The number of hydrogen-bond acceptors (Lipinski definition) is 5. The Balaban J connectivity index is 1.78. The molecule has 1 saturated carbocycles. The zero-order valence-electron chi connectivity index (χ0n) is 14.5. The topological polar surface area (TPSA) is 62.1 Å². The lowest BCUT2D eigenvalue weighted by atomic mass is 9.51. The molecular weight excluding hydrogens is 316 g/mol. The number of carbonyl (C=O) groups is 1. The molecule has 3 aliphatic heterocycles. The van der Waals surface area contributed by atoms with E-state index in [4.69, 9.17) is 9.73 Å². The first-order valence-electron chi connectivity index (χ1n) is 8.99. The van der Waals surface area contributed by atoms with Crippen LogP contribution in [0.15, 0.2) is 34.8 Å². The van der Waals surface area contributed by atoms with Crippen LogP contribution in [0.4, 0.5) is 5.69 Å². The monoisotopic (exact) mass is 338 g/mol. The summed E-state index contributed by atoms with van der Waals surface area (Å²) in [6.45, 7) is 3.94. The molecule has 1 N–H and O–H groups in total. The summed E-state index contributed by atoms with van der Waals surface area (Å²) in [6, 6.07) is 5.70. The maximum Gasteiger partial charge on any atom is 0.310 e. The average molecular weight is 338 g/mol. The van der Waals surface area contributed by atoms with E-state index in [9.17, 15) is 9.90 Å². The fourth-order valence-electron chi connectivity index (χ4n) is 5.81. The van der Waals surface area contributed by atoms with E-state index in [2.05, 4.69) is 17.9 Å². The molecule has 1 aliphatic carbocycles. The summed E-state index contributed by atoms with van der Waals surface area (Å²) in [5.74, 6) is 0.0659. The van der Waals surface area contributed by atoms with Crippen LogP contribution in [0.25, 0.3) is 0 Å². The number of allylic oxidation sites excluding steroid dienone is 1. The van der Waals surface area contributed by atoms with Gasteiger partial charge in [-0.25, -0.2) is 0 Å². The number of methoxy groups -OCH3 is 1. The minimum atomic E-state index is -0.380. The number of nitrogens with zero attached hydrogens (tertiary/aromatic N) is 2. The Kier molecular flexibility index (Phi) is 2.99. The molecule has 4 atom stereocenters. The lowest BCUT2D eigenvalue weighted by molar-refractivity contribution is -0.151. The second-order valence-electron chi connectivity index (χ2n) is 7.61. The Hall–Kier alpha value is -2.14. The van der Waals surface area contributed by atoms with Crippen LogP contribution in [0.5, 0.6) is 5.75 Å². The standard InChI is InChI=1S/C20H22N2O3/c1-3-11-10-22-7-6-20-14-5-4-12(23)8-15(14)21-18(20)16(22)9-13(11)17(20)19(24)25-2/h3-5,8,13,16-17,23H,6-7,9-10H2,1-2H3. The van der Waals surface area contributed by atoms with Crippen LogP contribution in [-0.4, -0.2) is 47.9 Å². The summed E-state index contributed by atoms with van der Waals surface area (Å²) in [5, 5.41) is 9.91. The van der Waals surface area contributed by atoms with Gasteiger partial charge in [0.2, 0.25) is 0 Å². The third-order valence-electron chi connectivity index (χ3n) is 6.81. The maximum absolute atomic E-state index is 13.0. The lowest BCUT2D eigenvalue weighted by Crippen LogP contribution is -2.68. The molecule has 4 unspecified atom stereocenters. The summed E-state index contributed by atoms with van der Waals surface area (Å²) in [5.41, 5.74) is 3.98. The van der Waals surface area contributed by atoms with Crippen LogP contribution in [0.3, 0.4) is 0 Å². The van der Waals surface area contributed by atoms with E-state index in [1.807, 2.05) is 6.07 Å². The van der Waals surface area contributed by atoms with Crippen LogP contribution in [0.1, 0.15) is 25.3 Å². The van der Waals surface area contributed by atoms with Crippen molar-refractivity contribution in [3.8, 4) is 5.75 Å². The molecule has 25 heavy (non-hydrogen) atoms. The number of hydrogen-bond donors (Lipinski definition) is 1. The van der Waals surface area contributed by atoms with E-state index in [0.29, 0.717) is 0 Å². The molecule has 4 aliphatic rings. The summed E-state index contributed by atoms with van der Waals surface area (Å²) in [6.07, 6.45) is 3.99. The van der Waals surface area contributed by atoms with Gasteiger partial charge in [-0.3, -0.25) is 14.7 Å². The highest BCUT2D eigenvalue weighted by Crippen LogP contribution is 2.60. The number of rotatable bonds is 1. The number of esters is 1. The molecule has 3 fully saturated rings. The number of benzene rings is 1. The van der Waals surface area contributed by atoms with E-state index >= 15 is 0 Å². The van der Waals surface area contributed by atoms with E-state index in [1.54, 1.807) is 12.1 Å². The minimum absolute atomic E-state index is 0.133. The van der Waals surface area contributed by atoms with Crippen LogP contribution in [0.2, 0.25) is 0 Å². The molecule has 3 heterocycles. The van der Waals surface area contributed by atoms with Crippen LogP contribution in [0, 0.1) is 11.8 Å². The molecule has 5 rings (SSSR count). The molecule has 0 spiro atoms. The highest BCUT2D eigenvalue weighted by Gasteiger charge is 2.65. The predicted octanol–water partition coefficient (Wildman–Crippen LogP) is 2.56. The van der Waals surface area contributed by atoms with Crippen molar-refractivity contribution in [3.63, 3.8) is 0 Å². The Morgan fingerprint density at radius 2 is 2.32 bits per heavy atom. The van der Waals surface area contributed by atoms with Crippen molar-refractivity contribution in [1.82, 2.24) is 4.90 Å². The van der Waals surface area contributed by atoms with E-state index < -0.39 is 0 Å². The molecule has 5 heteroatoms. The van der Waals surface area contributed by atoms with Gasteiger partial charge in [-0.15, -0.1) is 0 Å². The lowest BCUT2D eigenvalue weighted by Gasteiger charge is -2.59. The second-order valence-corrected chi connectivity index (χ2v) is 7.61.